The van der Waals surface area contributed by atoms with Crippen LogP contribution in [0.2, 0.25) is 0 Å². The van der Waals surface area contributed by atoms with Crippen molar-refractivity contribution >= 4 is 11.9 Å². The van der Waals surface area contributed by atoms with Gasteiger partial charge in [-0.25, -0.2) is 4.79 Å². The van der Waals surface area contributed by atoms with E-state index in [2.05, 4.69) is 10.4 Å². The van der Waals surface area contributed by atoms with Gasteiger partial charge in [-0.2, -0.15) is 5.10 Å². The molecule has 0 fully saturated rings. The van der Waals surface area contributed by atoms with Crippen LogP contribution >= 0.6 is 0 Å². The summed E-state index contributed by atoms with van der Waals surface area (Å²) in [6, 6.07) is 0.947. The number of nitrogens with one attached hydrogen (secondary N) is 1. The van der Waals surface area contributed by atoms with Gasteiger partial charge in [0.1, 0.15) is 12.6 Å². The Hall–Kier alpha value is -1.85. The van der Waals surface area contributed by atoms with Crippen molar-refractivity contribution in [2.45, 2.75) is 47.2 Å². The molecule has 1 amide bonds. The van der Waals surface area contributed by atoms with E-state index in [4.69, 9.17) is 5.11 Å². The van der Waals surface area contributed by atoms with Gasteiger partial charge in [-0.05, 0) is 25.3 Å². The third kappa shape index (κ3) is 4.08. The predicted molar refractivity (Wildman–Crippen MR) is 70.7 cm³/mol. The minimum absolute atomic E-state index is 0.0273. The summed E-state index contributed by atoms with van der Waals surface area (Å²) in [7, 11) is 0. The fourth-order valence-corrected chi connectivity index (χ4v) is 1.83. The average Bonchev–Trinajstić information content (AvgIpc) is 2.52. The van der Waals surface area contributed by atoms with Crippen LogP contribution in [-0.2, 0) is 16.1 Å². The number of hydrogen-bond acceptors (Lipinski definition) is 3. The van der Waals surface area contributed by atoms with E-state index in [0.29, 0.717) is 0 Å². The molecule has 1 heterocycles. The van der Waals surface area contributed by atoms with Gasteiger partial charge < -0.3 is 10.4 Å². The monoisotopic (exact) mass is 267 g/mol. The van der Waals surface area contributed by atoms with Crippen LogP contribution in [0.3, 0.4) is 0 Å². The molecule has 0 aliphatic carbocycles. The third-order valence-electron chi connectivity index (χ3n) is 2.82. The summed E-state index contributed by atoms with van der Waals surface area (Å²) in [5.41, 5.74) is 1.16. The number of aryl methyl sites for hydroxylation is 2. The molecule has 0 aliphatic rings. The smallest absolute Gasteiger partial charge is 0.326 e. The number of carbonyl (C=O) groups is 2. The normalized spacial score (nSPS) is 13.1. The van der Waals surface area contributed by atoms with Gasteiger partial charge in [-0.1, -0.05) is 20.8 Å². The molecule has 1 aromatic heterocycles. The standard InChI is InChI=1S/C13H21N3O3/c1-8-6-9(2)16(15-8)7-10(17)14-11(12(18)19)13(3,4)5/h6,11H,7H2,1-5H3,(H,14,17)(H,18,19)/t11-/m0/s1. The molecular weight excluding hydrogens is 246 g/mol. The summed E-state index contributed by atoms with van der Waals surface area (Å²) in [6.07, 6.45) is 0. The number of carboxylic acids is 1. The Bertz CT molecular complexity index is 486. The fraction of sp³-hybridized carbons (Fsp3) is 0.615. The highest BCUT2D eigenvalue weighted by Crippen LogP contribution is 2.19. The van der Waals surface area contributed by atoms with Crippen LogP contribution in [0.1, 0.15) is 32.2 Å². The Morgan fingerprint density at radius 2 is 2.00 bits per heavy atom. The highest BCUT2D eigenvalue weighted by Gasteiger charge is 2.32. The number of nitrogens with zero attached hydrogens (tertiary/aromatic N) is 2. The van der Waals surface area contributed by atoms with E-state index in [1.54, 1.807) is 25.5 Å². The van der Waals surface area contributed by atoms with Crippen molar-refractivity contribution < 1.29 is 14.7 Å². The van der Waals surface area contributed by atoms with Gasteiger partial charge in [0, 0.05) is 5.69 Å². The summed E-state index contributed by atoms with van der Waals surface area (Å²) in [4.78, 5) is 23.1. The number of aromatic nitrogens is 2. The highest BCUT2D eigenvalue weighted by molar-refractivity contribution is 5.84. The number of rotatable bonds is 4. The molecule has 1 atom stereocenters. The maximum Gasteiger partial charge on any atom is 0.326 e. The quantitative estimate of drug-likeness (QED) is 0.856. The Kier molecular flexibility index (Phi) is 4.34. The lowest BCUT2D eigenvalue weighted by Crippen LogP contribution is -2.50. The van der Waals surface area contributed by atoms with Gasteiger partial charge in [-0.3, -0.25) is 9.48 Å². The zero-order valence-corrected chi connectivity index (χ0v) is 12.0. The van der Waals surface area contributed by atoms with Crippen molar-refractivity contribution in [1.29, 1.82) is 0 Å². The van der Waals surface area contributed by atoms with Crippen molar-refractivity contribution in [3.8, 4) is 0 Å². The summed E-state index contributed by atoms with van der Waals surface area (Å²) in [5.74, 6) is -1.39. The lowest BCUT2D eigenvalue weighted by molar-refractivity contribution is -0.145. The summed E-state index contributed by atoms with van der Waals surface area (Å²) in [6.45, 7) is 9.04. The summed E-state index contributed by atoms with van der Waals surface area (Å²) >= 11 is 0. The first kappa shape index (κ1) is 15.2. The topological polar surface area (TPSA) is 84.2 Å². The van der Waals surface area contributed by atoms with E-state index in [1.807, 2.05) is 19.9 Å². The SMILES string of the molecule is Cc1cc(C)n(CC(=O)N[C@@H](C(=O)O)C(C)(C)C)n1. The molecule has 0 saturated carbocycles. The number of carbonyl (C=O) groups excluding carboxylic acids is 1. The zero-order valence-electron chi connectivity index (χ0n) is 12.0. The van der Waals surface area contributed by atoms with Crippen molar-refractivity contribution in [1.82, 2.24) is 15.1 Å². The van der Waals surface area contributed by atoms with Crippen molar-refractivity contribution in [2.75, 3.05) is 0 Å². The second-order valence-electron chi connectivity index (χ2n) is 5.79. The van der Waals surface area contributed by atoms with E-state index >= 15 is 0 Å². The lowest BCUT2D eigenvalue weighted by Gasteiger charge is -2.27. The number of amides is 1. The van der Waals surface area contributed by atoms with E-state index in [-0.39, 0.29) is 12.5 Å². The molecule has 106 valence electrons. The van der Waals surface area contributed by atoms with Crippen molar-refractivity contribution in [2.24, 2.45) is 5.41 Å². The van der Waals surface area contributed by atoms with Gasteiger partial charge in [0.05, 0.1) is 5.69 Å². The highest BCUT2D eigenvalue weighted by atomic mass is 16.4. The summed E-state index contributed by atoms with van der Waals surface area (Å²) in [5, 5.41) is 15.9. The minimum atomic E-state index is -1.03. The van der Waals surface area contributed by atoms with Gasteiger partial charge in [-0.15, -0.1) is 0 Å². The molecular formula is C13H21N3O3. The van der Waals surface area contributed by atoms with Gasteiger partial charge in [0.2, 0.25) is 5.91 Å². The van der Waals surface area contributed by atoms with Gasteiger partial charge >= 0.3 is 5.97 Å². The van der Waals surface area contributed by atoms with Crippen LogP contribution in [0.5, 0.6) is 0 Å². The Balaban J connectivity index is 2.74. The maximum atomic E-state index is 11.9. The van der Waals surface area contributed by atoms with Crippen LogP contribution in [0.15, 0.2) is 6.07 Å². The molecule has 1 rings (SSSR count). The molecule has 0 unspecified atom stereocenters. The number of aliphatic carboxylic acids is 1. The van der Waals surface area contributed by atoms with Crippen molar-refractivity contribution in [3.63, 3.8) is 0 Å². The third-order valence-corrected chi connectivity index (χ3v) is 2.82. The molecule has 0 bridgehead atoms. The Morgan fingerprint density at radius 1 is 1.42 bits per heavy atom. The van der Waals surface area contributed by atoms with Gasteiger partial charge in [0.15, 0.2) is 0 Å². The van der Waals surface area contributed by atoms with Gasteiger partial charge in [0.25, 0.3) is 0 Å². The average molecular weight is 267 g/mol. The second-order valence-corrected chi connectivity index (χ2v) is 5.79. The van der Waals surface area contributed by atoms with Crippen LogP contribution < -0.4 is 5.32 Å². The van der Waals surface area contributed by atoms with E-state index < -0.39 is 17.4 Å². The number of hydrogen-bond donors (Lipinski definition) is 2. The van der Waals surface area contributed by atoms with E-state index in [9.17, 15) is 9.59 Å². The maximum absolute atomic E-state index is 11.9. The first-order valence-electron chi connectivity index (χ1n) is 6.14. The minimum Gasteiger partial charge on any atom is -0.480 e. The van der Waals surface area contributed by atoms with E-state index in [0.717, 1.165) is 11.4 Å². The first-order chi connectivity index (χ1) is 8.61. The molecule has 1 aromatic rings. The Labute approximate surface area is 112 Å². The zero-order chi connectivity index (χ0) is 14.8. The molecule has 19 heavy (non-hydrogen) atoms. The summed E-state index contributed by atoms with van der Waals surface area (Å²) < 4.78 is 1.56. The second kappa shape index (κ2) is 5.42. The van der Waals surface area contributed by atoms with Crippen LogP contribution in [-0.4, -0.2) is 32.8 Å². The molecule has 0 aromatic carbocycles. The molecule has 0 spiro atoms. The molecule has 6 heteroatoms. The van der Waals surface area contributed by atoms with Crippen molar-refractivity contribution in [3.05, 3.63) is 17.5 Å². The van der Waals surface area contributed by atoms with Crippen LogP contribution in [0, 0.1) is 19.3 Å². The largest absolute Gasteiger partial charge is 0.480 e. The van der Waals surface area contributed by atoms with Crippen LogP contribution in [0.4, 0.5) is 0 Å². The Morgan fingerprint density at radius 3 is 2.37 bits per heavy atom. The molecule has 0 radical (unpaired) electrons. The lowest BCUT2D eigenvalue weighted by atomic mass is 9.87. The molecule has 0 saturated heterocycles. The first-order valence-corrected chi connectivity index (χ1v) is 6.14. The molecule has 2 N–H and O–H groups in total. The molecule has 6 nitrogen and oxygen atoms in total. The van der Waals surface area contributed by atoms with E-state index in [1.165, 1.54) is 0 Å². The van der Waals surface area contributed by atoms with Crippen LogP contribution in [0.25, 0.3) is 0 Å². The predicted octanol–water partition coefficient (Wildman–Crippen LogP) is 1.12. The number of carboxylic acid groups (broad SMARTS) is 1. The fourth-order valence-electron chi connectivity index (χ4n) is 1.83. The molecule has 0 aliphatic heterocycles.